The molecule has 0 radical (unpaired) electrons. The summed E-state index contributed by atoms with van der Waals surface area (Å²) in [6, 6.07) is 19.1. The highest BCUT2D eigenvalue weighted by Gasteiger charge is 2.27. The molecule has 1 fully saturated rings. The van der Waals surface area contributed by atoms with E-state index in [1.165, 1.54) is 56.1 Å². The summed E-state index contributed by atoms with van der Waals surface area (Å²) in [4.78, 5) is 12.8. The Labute approximate surface area is 183 Å². The number of amides is 1. The smallest absolute Gasteiger partial charge is 0.227 e. The fourth-order valence-corrected chi connectivity index (χ4v) is 5.02. The molecule has 3 rings (SSSR count). The van der Waals surface area contributed by atoms with E-state index in [9.17, 15) is 4.79 Å². The molecule has 30 heavy (non-hydrogen) atoms. The van der Waals surface area contributed by atoms with Gasteiger partial charge in [0.15, 0.2) is 0 Å². The maximum atomic E-state index is 12.8. The van der Waals surface area contributed by atoms with Gasteiger partial charge in [-0.25, -0.2) is 0 Å². The summed E-state index contributed by atoms with van der Waals surface area (Å²) in [7, 11) is 0. The number of benzene rings is 2. The van der Waals surface area contributed by atoms with Crippen molar-refractivity contribution >= 4 is 11.6 Å². The molecule has 0 aromatic heterocycles. The zero-order valence-corrected chi connectivity index (χ0v) is 19.1. The summed E-state index contributed by atoms with van der Waals surface area (Å²) in [6.07, 6.45) is 9.67. The van der Waals surface area contributed by atoms with E-state index in [1.807, 2.05) is 30.3 Å². The lowest BCUT2D eigenvalue weighted by Gasteiger charge is -2.23. The number of hydrogen-bond acceptors (Lipinski definition) is 1. The van der Waals surface area contributed by atoms with Crippen molar-refractivity contribution in [2.24, 2.45) is 23.7 Å². The number of nitrogens with one attached hydrogen (secondary N) is 1. The lowest BCUT2D eigenvalue weighted by atomic mass is 9.82. The van der Waals surface area contributed by atoms with Crippen molar-refractivity contribution in [2.45, 2.75) is 72.1 Å². The lowest BCUT2D eigenvalue weighted by molar-refractivity contribution is -0.121. The van der Waals surface area contributed by atoms with Crippen LogP contribution in [0.2, 0.25) is 0 Å². The van der Waals surface area contributed by atoms with Crippen LogP contribution >= 0.6 is 0 Å². The molecule has 1 aliphatic rings. The Hall–Kier alpha value is -2.09. The third-order valence-electron chi connectivity index (χ3n) is 7.28. The molecule has 0 saturated heterocycles. The van der Waals surface area contributed by atoms with E-state index in [4.69, 9.17) is 0 Å². The Morgan fingerprint density at radius 3 is 2.23 bits per heavy atom. The molecule has 4 unspecified atom stereocenters. The first-order valence-electron chi connectivity index (χ1n) is 12.0. The molecule has 2 aromatic rings. The molecule has 1 N–H and O–H groups in total. The zero-order chi connectivity index (χ0) is 21.3. The number of carbonyl (C=O) groups is 1. The van der Waals surface area contributed by atoms with E-state index >= 15 is 0 Å². The Bertz CT molecular complexity index is 767. The second kappa shape index (κ2) is 11.3. The van der Waals surface area contributed by atoms with Crippen LogP contribution in [0.3, 0.4) is 0 Å². The largest absolute Gasteiger partial charge is 0.326 e. The molecule has 0 aliphatic heterocycles. The van der Waals surface area contributed by atoms with E-state index in [2.05, 4.69) is 50.4 Å². The average Bonchev–Trinajstić information content (AvgIpc) is 2.85. The quantitative estimate of drug-likeness (QED) is 0.537. The molecule has 4 atom stereocenters. The normalized spacial score (nSPS) is 23.6. The van der Waals surface area contributed by atoms with Crippen molar-refractivity contribution in [3.05, 3.63) is 65.7 Å². The first-order valence-corrected chi connectivity index (χ1v) is 12.0. The van der Waals surface area contributed by atoms with Crippen molar-refractivity contribution in [1.29, 1.82) is 0 Å². The van der Waals surface area contributed by atoms with E-state index < -0.39 is 0 Å². The summed E-state index contributed by atoms with van der Waals surface area (Å²) in [6.45, 7) is 6.78. The summed E-state index contributed by atoms with van der Waals surface area (Å²) in [5, 5.41) is 3.11. The summed E-state index contributed by atoms with van der Waals surface area (Å²) in [5.74, 6) is 2.24. The molecule has 1 aliphatic carbocycles. The van der Waals surface area contributed by atoms with E-state index in [0.717, 1.165) is 23.9 Å². The molecule has 2 heteroatoms. The Balaban J connectivity index is 1.56. The maximum absolute atomic E-state index is 12.8. The van der Waals surface area contributed by atoms with E-state index in [1.54, 1.807) is 0 Å². The van der Waals surface area contributed by atoms with Crippen LogP contribution in [0.1, 0.15) is 70.4 Å². The minimum atomic E-state index is 0.0682. The predicted molar refractivity (Wildman–Crippen MR) is 128 cm³/mol. The monoisotopic (exact) mass is 405 g/mol. The molecule has 0 heterocycles. The zero-order valence-electron chi connectivity index (χ0n) is 19.1. The molecule has 0 bridgehead atoms. The molecule has 1 amide bonds. The molecule has 162 valence electrons. The van der Waals surface area contributed by atoms with E-state index in [-0.39, 0.29) is 11.8 Å². The second-order valence-corrected chi connectivity index (χ2v) is 9.38. The van der Waals surface area contributed by atoms with Gasteiger partial charge in [0.1, 0.15) is 0 Å². The maximum Gasteiger partial charge on any atom is 0.227 e. The Kier molecular flexibility index (Phi) is 8.54. The lowest BCUT2D eigenvalue weighted by Crippen LogP contribution is -2.27. The van der Waals surface area contributed by atoms with Crippen LogP contribution in [0, 0.1) is 23.7 Å². The average molecular weight is 406 g/mol. The fraction of sp³-hybridized carbons (Fsp3) is 0.536. The number of para-hydroxylation sites is 1. The topological polar surface area (TPSA) is 29.1 Å². The Morgan fingerprint density at radius 1 is 0.933 bits per heavy atom. The third kappa shape index (κ3) is 6.45. The minimum Gasteiger partial charge on any atom is -0.326 e. The number of anilines is 1. The van der Waals surface area contributed by atoms with Crippen LogP contribution in [0.25, 0.3) is 0 Å². The molecule has 0 spiro atoms. The first-order chi connectivity index (χ1) is 14.6. The number of aryl methyl sites for hydroxylation is 1. The highest BCUT2D eigenvalue weighted by molar-refractivity contribution is 5.92. The molecular formula is C28H39NO. The first kappa shape index (κ1) is 22.6. The highest BCUT2D eigenvalue weighted by atomic mass is 16.1. The van der Waals surface area contributed by atoms with Gasteiger partial charge < -0.3 is 5.32 Å². The van der Waals surface area contributed by atoms with Gasteiger partial charge in [-0.1, -0.05) is 82.5 Å². The summed E-state index contributed by atoms with van der Waals surface area (Å²) >= 11 is 0. The van der Waals surface area contributed by atoms with Crippen LogP contribution < -0.4 is 5.32 Å². The fourth-order valence-electron chi connectivity index (χ4n) is 5.02. The van der Waals surface area contributed by atoms with Gasteiger partial charge in [0.2, 0.25) is 5.91 Å². The van der Waals surface area contributed by atoms with Crippen molar-refractivity contribution in [1.82, 2.24) is 0 Å². The number of carbonyl (C=O) groups excluding carboxylic acids is 1. The van der Waals surface area contributed by atoms with Crippen LogP contribution in [0.4, 0.5) is 5.69 Å². The van der Waals surface area contributed by atoms with Crippen LogP contribution in [0.15, 0.2) is 54.6 Å². The Morgan fingerprint density at radius 2 is 1.57 bits per heavy atom. The van der Waals surface area contributed by atoms with Gasteiger partial charge in [0, 0.05) is 11.6 Å². The third-order valence-corrected chi connectivity index (χ3v) is 7.28. The summed E-state index contributed by atoms with van der Waals surface area (Å²) in [5.41, 5.74) is 3.81. The van der Waals surface area contributed by atoms with Crippen molar-refractivity contribution < 1.29 is 4.79 Å². The highest BCUT2D eigenvalue weighted by Crippen LogP contribution is 2.34. The van der Waals surface area contributed by atoms with Crippen molar-refractivity contribution in [3.8, 4) is 0 Å². The van der Waals surface area contributed by atoms with Gasteiger partial charge in [-0.15, -0.1) is 0 Å². The molecule has 2 nitrogen and oxygen atoms in total. The molecule has 1 saturated carbocycles. The van der Waals surface area contributed by atoms with Crippen molar-refractivity contribution in [3.63, 3.8) is 0 Å². The summed E-state index contributed by atoms with van der Waals surface area (Å²) < 4.78 is 0. The number of hydrogen-bond donors (Lipinski definition) is 1. The van der Waals surface area contributed by atoms with Gasteiger partial charge >= 0.3 is 0 Å². The standard InChI is InChI=1S/C28H39NO/c1-4-23-16-18-24(19-17-23)20-26-13-9-12-25(11-8-10-21(26)2)22(3)28(30)29-27-14-6-5-7-15-27/h5-7,14-19,21-22,25-26H,4,8-13,20H2,1-3H3,(H,29,30). The van der Waals surface area contributed by atoms with Gasteiger partial charge in [-0.05, 0) is 73.1 Å². The van der Waals surface area contributed by atoms with Gasteiger partial charge in [-0.3, -0.25) is 4.79 Å². The minimum absolute atomic E-state index is 0.0682. The van der Waals surface area contributed by atoms with Gasteiger partial charge in [0.05, 0.1) is 0 Å². The second-order valence-electron chi connectivity index (χ2n) is 9.38. The van der Waals surface area contributed by atoms with Crippen LogP contribution in [-0.4, -0.2) is 5.91 Å². The molecular weight excluding hydrogens is 366 g/mol. The van der Waals surface area contributed by atoms with Gasteiger partial charge in [-0.2, -0.15) is 0 Å². The number of rotatable bonds is 6. The van der Waals surface area contributed by atoms with Crippen LogP contribution in [0.5, 0.6) is 0 Å². The van der Waals surface area contributed by atoms with Crippen LogP contribution in [-0.2, 0) is 17.6 Å². The van der Waals surface area contributed by atoms with E-state index in [0.29, 0.717) is 5.92 Å². The van der Waals surface area contributed by atoms with Crippen molar-refractivity contribution in [2.75, 3.05) is 5.32 Å². The predicted octanol–water partition coefficient (Wildman–Crippen LogP) is 7.29. The van der Waals surface area contributed by atoms with Gasteiger partial charge in [0.25, 0.3) is 0 Å². The molecule has 2 aromatic carbocycles. The SMILES string of the molecule is CCc1ccc(CC2CCCC(C(C)C(=O)Nc3ccccc3)CCCC2C)cc1.